The van der Waals surface area contributed by atoms with E-state index in [1.165, 1.54) is 0 Å². The van der Waals surface area contributed by atoms with Crippen molar-refractivity contribution in [3.63, 3.8) is 0 Å². The molecule has 0 bridgehead atoms. The number of halogens is 1. The smallest absolute Gasteiger partial charge is 0.330 e. The lowest BCUT2D eigenvalue weighted by Gasteiger charge is -2.26. The van der Waals surface area contributed by atoms with Crippen LogP contribution in [0.4, 0.5) is 10.5 Å². The van der Waals surface area contributed by atoms with Gasteiger partial charge in [0.15, 0.2) is 0 Å². The third-order valence-electron chi connectivity index (χ3n) is 4.72. The average molecular weight is 388 g/mol. The Labute approximate surface area is 162 Å². The van der Waals surface area contributed by atoms with Crippen molar-refractivity contribution in [2.75, 3.05) is 11.4 Å². The van der Waals surface area contributed by atoms with E-state index in [0.717, 1.165) is 31.4 Å². The van der Waals surface area contributed by atoms with Gasteiger partial charge in [-0.1, -0.05) is 36.0 Å². The van der Waals surface area contributed by atoms with Crippen LogP contribution in [-0.2, 0) is 6.61 Å². The van der Waals surface area contributed by atoms with Gasteiger partial charge in [0.2, 0.25) is 5.88 Å². The average Bonchev–Trinajstić information content (AvgIpc) is 2.93. The van der Waals surface area contributed by atoms with Gasteiger partial charge >= 0.3 is 6.03 Å². The molecule has 2 saturated heterocycles. The Hall–Kier alpha value is -2.18. The number of ether oxygens (including phenoxy) is 1. The fraction of sp³-hybridized carbons (Fsp3) is 0.316. The number of carbonyl (C=O) groups excluding carboxylic acids is 1. The summed E-state index contributed by atoms with van der Waals surface area (Å²) < 4.78 is 5.70. The molecule has 2 amide bonds. The summed E-state index contributed by atoms with van der Waals surface area (Å²) in [6.07, 6.45) is 4.73. The molecule has 2 fully saturated rings. The number of urea groups is 1. The number of anilines is 1. The highest BCUT2D eigenvalue weighted by Crippen LogP contribution is 2.31. The first-order valence-corrected chi connectivity index (χ1v) is 9.40. The van der Waals surface area contributed by atoms with E-state index in [1.54, 1.807) is 17.2 Å². The Bertz CT molecular complexity index is 802. The molecule has 1 atom stereocenters. The van der Waals surface area contributed by atoms with Crippen molar-refractivity contribution in [1.82, 2.24) is 9.88 Å². The standard InChI is InChI=1S/C19H18ClN3O2S/c20-14-6-4-13(5-7-14)12-25-17-9-8-15(11-21-17)23-18(26)16-3-1-2-10-22(16)19(23)24/h4-9,11,16H,1-3,10,12H2. The maximum atomic E-state index is 12.7. The minimum Gasteiger partial charge on any atom is -0.473 e. The molecule has 0 N–H and O–H groups in total. The topological polar surface area (TPSA) is 45.7 Å². The van der Waals surface area contributed by atoms with Gasteiger partial charge in [0.1, 0.15) is 11.6 Å². The van der Waals surface area contributed by atoms with E-state index >= 15 is 0 Å². The molecular formula is C19H18ClN3O2S. The first-order valence-electron chi connectivity index (χ1n) is 8.61. The second-order valence-electron chi connectivity index (χ2n) is 6.43. The Morgan fingerprint density at radius 1 is 1.19 bits per heavy atom. The number of benzene rings is 1. The van der Waals surface area contributed by atoms with Gasteiger partial charge in [0.25, 0.3) is 0 Å². The minimum atomic E-state index is -0.0451. The van der Waals surface area contributed by atoms with Gasteiger partial charge in [0, 0.05) is 17.6 Å². The highest BCUT2D eigenvalue weighted by Gasteiger charge is 2.43. The molecule has 3 heterocycles. The summed E-state index contributed by atoms with van der Waals surface area (Å²) >= 11 is 11.4. The molecule has 5 nitrogen and oxygen atoms in total. The van der Waals surface area contributed by atoms with Crippen LogP contribution in [0.15, 0.2) is 42.6 Å². The van der Waals surface area contributed by atoms with E-state index in [-0.39, 0.29) is 12.1 Å². The first kappa shape index (κ1) is 17.2. The van der Waals surface area contributed by atoms with Crippen LogP contribution in [0.1, 0.15) is 24.8 Å². The number of pyridine rings is 1. The monoisotopic (exact) mass is 387 g/mol. The third-order valence-corrected chi connectivity index (χ3v) is 5.43. The normalized spacial score (nSPS) is 19.7. The molecule has 0 aliphatic carbocycles. The molecule has 0 saturated carbocycles. The Balaban J connectivity index is 1.45. The number of piperidine rings is 1. The lowest BCUT2D eigenvalue weighted by atomic mass is 10.0. The molecular weight excluding hydrogens is 370 g/mol. The highest BCUT2D eigenvalue weighted by molar-refractivity contribution is 7.80. The van der Waals surface area contributed by atoms with Crippen LogP contribution in [0.5, 0.6) is 5.88 Å². The minimum absolute atomic E-state index is 0.0451. The lowest BCUT2D eigenvalue weighted by molar-refractivity contribution is 0.193. The summed E-state index contributed by atoms with van der Waals surface area (Å²) in [6.45, 7) is 1.18. The van der Waals surface area contributed by atoms with Gasteiger partial charge in [-0.05, 0) is 43.0 Å². The number of fused-ring (bicyclic) bond motifs is 1. The van der Waals surface area contributed by atoms with E-state index in [1.807, 2.05) is 35.2 Å². The van der Waals surface area contributed by atoms with Crippen LogP contribution in [0, 0.1) is 0 Å². The van der Waals surface area contributed by atoms with Gasteiger partial charge in [-0.2, -0.15) is 0 Å². The van der Waals surface area contributed by atoms with Crippen molar-refractivity contribution in [3.05, 3.63) is 53.2 Å². The third kappa shape index (κ3) is 3.27. The molecule has 1 aromatic heterocycles. The van der Waals surface area contributed by atoms with Crippen molar-refractivity contribution < 1.29 is 9.53 Å². The first-order chi connectivity index (χ1) is 12.6. The predicted molar refractivity (Wildman–Crippen MR) is 105 cm³/mol. The van der Waals surface area contributed by atoms with E-state index in [9.17, 15) is 4.79 Å². The maximum absolute atomic E-state index is 12.7. The molecule has 7 heteroatoms. The zero-order valence-electron chi connectivity index (χ0n) is 14.1. The van der Waals surface area contributed by atoms with Crippen LogP contribution in [0.3, 0.4) is 0 Å². The molecule has 26 heavy (non-hydrogen) atoms. The van der Waals surface area contributed by atoms with Gasteiger partial charge in [0.05, 0.1) is 17.9 Å². The number of nitrogens with zero attached hydrogens (tertiary/aromatic N) is 3. The van der Waals surface area contributed by atoms with Crippen LogP contribution in [-0.4, -0.2) is 33.5 Å². The fourth-order valence-corrected chi connectivity index (χ4v) is 3.91. The highest BCUT2D eigenvalue weighted by atomic mass is 35.5. The molecule has 1 aromatic carbocycles. The zero-order valence-corrected chi connectivity index (χ0v) is 15.7. The Morgan fingerprint density at radius 2 is 2.00 bits per heavy atom. The predicted octanol–water partition coefficient (Wildman–Crippen LogP) is 4.44. The molecule has 2 aromatic rings. The van der Waals surface area contributed by atoms with Crippen molar-refractivity contribution in [2.24, 2.45) is 0 Å². The molecule has 2 aliphatic heterocycles. The molecule has 0 radical (unpaired) electrons. The van der Waals surface area contributed by atoms with Crippen molar-refractivity contribution >= 4 is 40.5 Å². The van der Waals surface area contributed by atoms with E-state index in [4.69, 9.17) is 28.6 Å². The summed E-state index contributed by atoms with van der Waals surface area (Å²) in [7, 11) is 0. The quantitative estimate of drug-likeness (QED) is 0.728. The second-order valence-corrected chi connectivity index (χ2v) is 7.29. The SMILES string of the molecule is O=C1N(c2ccc(OCc3ccc(Cl)cc3)nc2)C(=S)C2CCCCN12. The summed E-state index contributed by atoms with van der Waals surface area (Å²) in [5.74, 6) is 0.499. The van der Waals surface area contributed by atoms with Gasteiger partial charge in [-0.15, -0.1) is 0 Å². The van der Waals surface area contributed by atoms with E-state index in [0.29, 0.717) is 28.2 Å². The van der Waals surface area contributed by atoms with Gasteiger partial charge in [-0.3, -0.25) is 4.90 Å². The fourth-order valence-electron chi connectivity index (χ4n) is 3.35. The molecule has 4 rings (SSSR count). The largest absolute Gasteiger partial charge is 0.473 e. The van der Waals surface area contributed by atoms with Gasteiger partial charge in [-0.25, -0.2) is 9.78 Å². The van der Waals surface area contributed by atoms with Crippen LogP contribution in [0.25, 0.3) is 0 Å². The number of thiocarbonyl (C=S) groups is 1. The number of hydrogen-bond acceptors (Lipinski definition) is 4. The molecule has 1 unspecified atom stereocenters. The molecule has 2 aliphatic rings. The summed E-state index contributed by atoms with van der Waals surface area (Å²) in [5.41, 5.74) is 1.70. The number of amides is 2. The number of hydrogen-bond donors (Lipinski definition) is 0. The summed E-state index contributed by atoms with van der Waals surface area (Å²) in [5, 5.41) is 0.693. The Kier molecular flexibility index (Phi) is 4.78. The van der Waals surface area contributed by atoms with E-state index < -0.39 is 0 Å². The number of rotatable bonds is 4. The van der Waals surface area contributed by atoms with Crippen molar-refractivity contribution in [3.8, 4) is 5.88 Å². The van der Waals surface area contributed by atoms with Crippen molar-refractivity contribution in [2.45, 2.75) is 31.9 Å². The van der Waals surface area contributed by atoms with E-state index in [2.05, 4.69) is 4.98 Å². The van der Waals surface area contributed by atoms with Crippen LogP contribution < -0.4 is 9.64 Å². The second kappa shape index (κ2) is 7.21. The van der Waals surface area contributed by atoms with Crippen LogP contribution in [0.2, 0.25) is 5.02 Å². The number of aromatic nitrogens is 1. The summed E-state index contributed by atoms with van der Waals surface area (Å²) in [4.78, 5) is 21.1. The molecule has 0 spiro atoms. The maximum Gasteiger partial charge on any atom is 0.330 e. The van der Waals surface area contributed by atoms with Gasteiger partial charge < -0.3 is 9.64 Å². The summed E-state index contributed by atoms with van der Waals surface area (Å²) in [6, 6.07) is 11.1. The Morgan fingerprint density at radius 3 is 2.69 bits per heavy atom. The van der Waals surface area contributed by atoms with Crippen molar-refractivity contribution in [1.29, 1.82) is 0 Å². The lowest BCUT2D eigenvalue weighted by Crippen LogP contribution is -2.38. The molecule has 134 valence electrons. The van der Waals surface area contributed by atoms with Crippen LogP contribution >= 0.6 is 23.8 Å². The zero-order chi connectivity index (χ0) is 18.1. The number of carbonyl (C=O) groups is 1.